The Labute approximate surface area is 361 Å². The number of carbonyl (C=O) groups is 2. The lowest BCUT2D eigenvalue weighted by Crippen LogP contribution is -2.66. The second kappa shape index (κ2) is 20.2. The van der Waals surface area contributed by atoms with Crippen LogP contribution in [0.3, 0.4) is 0 Å². The highest BCUT2D eigenvalue weighted by molar-refractivity contribution is 6.99. The standard InChI is InChI=1S/C50H57N5O5Si/c1-34-30-37(31-51-28-17-29-60-61(50(4,5)6,39-18-11-9-12-19-39)40-20-13-10-14-21-40)32-53-46(34)48(57)55-44-25-16-23-42(36(44)3)41-22-15-24-43(35(41)2)54-47(56)45-27-26-38(33-52-45)49(58-7)59-8/h9-16,18-27,30,32-33,49,51H,17,28-29,31H2,1-8H3,(H,54,56)(H,55,57). The summed E-state index contributed by atoms with van der Waals surface area (Å²) in [5, 5.41) is 12.1. The topological polar surface area (TPSA) is 124 Å². The van der Waals surface area contributed by atoms with Gasteiger partial charge in [0, 0.05) is 56.7 Å². The third-order valence-electron chi connectivity index (χ3n) is 11.1. The number of ether oxygens (including phenoxy) is 2. The van der Waals surface area contributed by atoms with E-state index in [9.17, 15) is 9.59 Å². The van der Waals surface area contributed by atoms with Crippen molar-refractivity contribution in [3.63, 3.8) is 0 Å². The van der Waals surface area contributed by atoms with E-state index < -0.39 is 14.6 Å². The van der Waals surface area contributed by atoms with E-state index in [1.807, 2.05) is 63.2 Å². The molecular formula is C50H57N5O5Si. The Morgan fingerprint density at radius 1 is 0.689 bits per heavy atom. The van der Waals surface area contributed by atoms with Crippen LogP contribution in [-0.2, 0) is 20.4 Å². The number of rotatable bonds is 17. The molecule has 0 unspecified atom stereocenters. The van der Waals surface area contributed by atoms with Gasteiger partial charge >= 0.3 is 0 Å². The summed E-state index contributed by atoms with van der Waals surface area (Å²) in [6, 6.07) is 38.4. The Balaban J connectivity index is 1.06. The van der Waals surface area contributed by atoms with Crippen molar-refractivity contribution in [1.82, 2.24) is 15.3 Å². The molecule has 0 saturated carbocycles. The number of hydrogen-bond acceptors (Lipinski definition) is 8. The van der Waals surface area contributed by atoms with Crippen molar-refractivity contribution in [3.05, 3.63) is 167 Å². The summed E-state index contributed by atoms with van der Waals surface area (Å²) in [6.45, 7) is 14.8. The van der Waals surface area contributed by atoms with Crippen molar-refractivity contribution in [3.8, 4) is 11.1 Å². The predicted octanol–water partition coefficient (Wildman–Crippen LogP) is 8.92. The quantitative estimate of drug-likeness (QED) is 0.0473. The largest absolute Gasteiger partial charge is 0.407 e. The van der Waals surface area contributed by atoms with Crippen LogP contribution in [0, 0.1) is 20.8 Å². The molecule has 0 aliphatic rings. The minimum atomic E-state index is -2.57. The number of methoxy groups -OCH3 is 2. The number of nitrogens with zero attached hydrogens (tertiary/aromatic N) is 2. The number of anilines is 2. The number of pyridine rings is 2. The Kier molecular flexibility index (Phi) is 14.8. The molecule has 0 saturated heterocycles. The van der Waals surface area contributed by atoms with Gasteiger partial charge in [-0.15, -0.1) is 0 Å². The van der Waals surface area contributed by atoms with Gasteiger partial charge in [0.2, 0.25) is 0 Å². The van der Waals surface area contributed by atoms with Crippen molar-refractivity contribution in [2.75, 3.05) is 38.0 Å². The molecule has 0 bridgehead atoms. The first-order valence-corrected chi connectivity index (χ1v) is 22.5. The van der Waals surface area contributed by atoms with E-state index >= 15 is 0 Å². The number of nitrogens with one attached hydrogen (secondary N) is 3. The number of aromatic nitrogens is 2. The molecule has 0 spiro atoms. The first-order valence-electron chi connectivity index (χ1n) is 20.6. The van der Waals surface area contributed by atoms with Gasteiger partial charge < -0.3 is 29.9 Å². The van der Waals surface area contributed by atoms with Crippen molar-refractivity contribution in [2.45, 2.75) is 65.8 Å². The molecular weight excluding hydrogens is 779 g/mol. The number of carbonyl (C=O) groups excluding carboxylic acids is 2. The normalized spacial score (nSPS) is 11.8. The highest BCUT2D eigenvalue weighted by atomic mass is 28.4. The van der Waals surface area contributed by atoms with Crippen molar-refractivity contribution in [2.24, 2.45) is 0 Å². The highest BCUT2D eigenvalue weighted by Gasteiger charge is 2.50. The van der Waals surface area contributed by atoms with Gasteiger partial charge in [0.15, 0.2) is 6.29 Å². The van der Waals surface area contributed by atoms with Gasteiger partial charge in [0.1, 0.15) is 11.4 Å². The summed E-state index contributed by atoms with van der Waals surface area (Å²) in [5.41, 5.74) is 8.11. The predicted molar refractivity (Wildman–Crippen MR) is 247 cm³/mol. The fourth-order valence-electron chi connectivity index (χ4n) is 7.93. The van der Waals surface area contributed by atoms with Crippen LogP contribution < -0.4 is 26.3 Å². The first-order chi connectivity index (χ1) is 29.4. The molecule has 0 aliphatic heterocycles. The molecule has 0 fully saturated rings. The third-order valence-corrected chi connectivity index (χ3v) is 16.1. The second-order valence-corrected chi connectivity index (χ2v) is 20.5. The molecule has 61 heavy (non-hydrogen) atoms. The maximum atomic E-state index is 13.6. The van der Waals surface area contributed by atoms with Crippen molar-refractivity contribution < 1.29 is 23.5 Å². The molecule has 316 valence electrons. The van der Waals surface area contributed by atoms with E-state index in [2.05, 4.69) is 107 Å². The molecule has 0 radical (unpaired) electrons. The summed E-state index contributed by atoms with van der Waals surface area (Å²) in [6.07, 6.45) is 3.62. The lowest BCUT2D eigenvalue weighted by Gasteiger charge is -2.43. The maximum Gasteiger partial charge on any atom is 0.274 e. The Hall–Kier alpha value is -5.82. The fraction of sp³-hybridized carbons (Fsp3) is 0.280. The van der Waals surface area contributed by atoms with Gasteiger partial charge in [0.25, 0.3) is 20.1 Å². The average molecular weight is 836 g/mol. The highest BCUT2D eigenvalue weighted by Crippen LogP contribution is 2.37. The Bertz CT molecular complexity index is 2380. The van der Waals surface area contributed by atoms with Gasteiger partial charge in [0.05, 0.1) is 0 Å². The molecule has 6 aromatic rings. The zero-order chi connectivity index (χ0) is 43.6. The third kappa shape index (κ3) is 10.2. The second-order valence-electron chi connectivity index (χ2n) is 16.2. The van der Waals surface area contributed by atoms with E-state index in [-0.39, 0.29) is 22.5 Å². The van der Waals surface area contributed by atoms with Crippen LogP contribution in [0.4, 0.5) is 11.4 Å². The van der Waals surface area contributed by atoms with Crippen molar-refractivity contribution >= 4 is 41.9 Å². The zero-order valence-electron chi connectivity index (χ0n) is 36.5. The molecule has 2 aromatic heterocycles. The van der Waals surface area contributed by atoms with E-state index in [4.69, 9.17) is 13.9 Å². The number of aryl methyl sites for hydroxylation is 1. The molecule has 4 aromatic carbocycles. The van der Waals surface area contributed by atoms with E-state index in [1.54, 1.807) is 38.7 Å². The smallest absolute Gasteiger partial charge is 0.274 e. The molecule has 11 heteroatoms. The molecule has 10 nitrogen and oxygen atoms in total. The average Bonchev–Trinajstić information content (AvgIpc) is 3.26. The van der Waals surface area contributed by atoms with Gasteiger partial charge in [-0.2, -0.15) is 0 Å². The lowest BCUT2D eigenvalue weighted by atomic mass is 9.94. The summed E-state index contributed by atoms with van der Waals surface area (Å²) in [4.78, 5) is 35.7. The molecule has 0 aliphatic carbocycles. The van der Waals surface area contributed by atoms with Crippen LogP contribution in [-0.4, -0.2) is 57.5 Å². The van der Waals surface area contributed by atoms with Crippen LogP contribution in [0.2, 0.25) is 5.04 Å². The van der Waals surface area contributed by atoms with Gasteiger partial charge in [-0.3, -0.25) is 19.6 Å². The summed E-state index contributed by atoms with van der Waals surface area (Å²) < 4.78 is 17.6. The first kappa shape index (κ1) is 44.7. The van der Waals surface area contributed by atoms with E-state index in [0.29, 0.717) is 35.8 Å². The SMILES string of the molecule is COC(OC)c1ccc(C(=O)Nc2cccc(-c3cccc(NC(=O)c4ncc(CNCCCO[Si](c5ccccc5)(c5ccccc5)C(C)(C)C)cc4C)c3C)c2C)nc1. The minimum Gasteiger partial charge on any atom is -0.407 e. The van der Waals surface area contributed by atoms with Crippen LogP contribution >= 0.6 is 0 Å². The van der Waals surface area contributed by atoms with Crippen LogP contribution in [0.25, 0.3) is 11.1 Å². The van der Waals surface area contributed by atoms with E-state index in [1.165, 1.54) is 10.4 Å². The monoisotopic (exact) mass is 835 g/mol. The molecule has 3 N–H and O–H groups in total. The van der Waals surface area contributed by atoms with Crippen LogP contribution in [0.15, 0.2) is 128 Å². The zero-order valence-corrected chi connectivity index (χ0v) is 37.5. The molecule has 0 atom stereocenters. The maximum absolute atomic E-state index is 13.6. The summed E-state index contributed by atoms with van der Waals surface area (Å²) >= 11 is 0. The molecule has 6 rings (SSSR count). The van der Waals surface area contributed by atoms with Gasteiger partial charge in [-0.1, -0.05) is 118 Å². The van der Waals surface area contributed by atoms with Crippen LogP contribution in [0.5, 0.6) is 0 Å². The lowest BCUT2D eigenvalue weighted by molar-refractivity contribution is -0.106. The fourth-order valence-corrected chi connectivity index (χ4v) is 12.5. The summed E-state index contributed by atoms with van der Waals surface area (Å²) in [7, 11) is 0.513. The number of hydrogen-bond donors (Lipinski definition) is 3. The number of amides is 2. The molecule has 2 heterocycles. The van der Waals surface area contributed by atoms with Crippen molar-refractivity contribution in [1.29, 1.82) is 0 Å². The van der Waals surface area contributed by atoms with Crippen LogP contribution in [0.1, 0.15) is 82.3 Å². The van der Waals surface area contributed by atoms with Gasteiger partial charge in [-0.25, -0.2) is 0 Å². The van der Waals surface area contributed by atoms with Gasteiger partial charge in [-0.05, 0) is 101 Å². The Morgan fingerprint density at radius 2 is 1.26 bits per heavy atom. The minimum absolute atomic E-state index is 0.0684. The Morgan fingerprint density at radius 3 is 1.77 bits per heavy atom. The summed E-state index contributed by atoms with van der Waals surface area (Å²) in [5.74, 6) is -0.617. The molecule has 2 amide bonds. The number of benzene rings is 4. The van der Waals surface area contributed by atoms with E-state index in [0.717, 1.165) is 46.3 Å².